The van der Waals surface area contributed by atoms with Gasteiger partial charge in [0.25, 0.3) is 0 Å². The van der Waals surface area contributed by atoms with Gasteiger partial charge in [-0.3, -0.25) is 4.79 Å². The van der Waals surface area contributed by atoms with Gasteiger partial charge in [-0.15, -0.1) is 10.2 Å². The van der Waals surface area contributed by atoms with Gasteiger partial charge in [0, 0.05) is 6.07 Å². The second-order valence-electron chi connectivity index (χ2n) is 5.12. The van der Waals surface area contributed by atoms with E-state index in [9.17, 15) is 18.0 Å². The number of carbonyl (C=O) groups is 1. The van der Waals surface area contributed by atoms with Crippen LogP contribution in [0.25, 0.3) is 11.4 Å². The van der Waals surface area contributed by atoms with Gasteiger partial charge in [0.15, 0.2) is 5.82 Å². The molecule has 134 valence electrons. The average molecular weight is 379 g/mol. The van der Waals surface area contributed by atoms with Crippen LogP contribution in [0.4, 0.5) is 18.9 Å². The highest BCUT2D eigenvalue weighted by molar-refractivity contribution is 7.99. The van der Waals surface area contributed by atoms with Crippen molar-refractivity contribution in [1.29, 1.82) is 0 Å². The third kappa shape index (κ3) is 3.80. The molecule has 3 aromatic rings. The molecule has 26 heavy (non-hydrogen) atoms. The molecule has 10 heteroatoms. The number of nitrogens with one attached hydrogen (secondary N) is 1. The fourth-order valence-electron chi connectivity index (χ4n) is 2.11. The lowest BCUT2D eigenvalue weighted by Crippen LogP contribution is -2.17. The van der Waals surface area contributed by atoms with E-state index < -0.39 is 23.4 Å². The SMILES string of the molecule is Nn1c(SCC(=O)Nc2cc(F)ccc2F)nnc1-c1ccccc1F. The lowest BCUT2D eigenvalue weighted by molar-refractivity contribution is -0.113. The zero-order chi connectivity index (χ0) is 18.7. The Bertz CT molecular complexity index is 963. The number of carbonyl (C=O) groups excluding carboxylic acids is 1. The fourth-order valence-corrected chi connectivity index (χ4v) is 2.77. The maximum absolute atomic E-state index is 13.8. The van der Waals surface area contributed by atoms with Crippen LogP contribution in [0, 0.1) is 17.5 Å². The number of hydrogen-bond donors (Lipinski definition) is 2. The van der Waals surface area contributed by atoms with Crippen LogP contribution in [-0.4, -0.2) is 26.5 Å². The molecular weight excluding hydrogens is 367 g/mol. The Kier molecular flexibility index (Phi) is 5.12. The minimum absolute atomic E-state index is 0.0992. The summed E-state index contributed by atoms with van der Waals surface area (Å²) in [4.78, 5) is 11.9. The molecule has 6 nitrogen and oxygen atoms in total. The number of anilines is 1. The van der Waals surface area contributed by atoms with Crippen molar-refractivity contribution in [2.45, 2.75) is 5.16 Å². The normalized spacial score (nSPS) is 10.7. The van der Waals surface area contributed by atoms with Crippen LogP contribution in [0.3, 0.4) is 0 Å². The Morgan fingerprint density at radius 1 is 1.12 bits per heavy atom. The molecule has 1 amide bonds. The molecule has 2 aromatic carbocycles. The predicted molar refractivity (Wildman–Crippen MR) is 91.3 cm³/mol. The number of rotatable bonds is 5. The van der Waals surface area contributed by atoms with E-state index in [4.69, 9.17) is 5.84 Å². The minimum Gasteiger partial charge on any atom is -0.335 e. The molecule has 0 spiro atoms. The highest BCUT2D eigenvalue weighted by Gasteiger charge is 2.16. The largest absolute Gasteiger partial charge is 0.335 e. The summed E-state index contributed by atoms with van der Waals surface area (Å²) < 4.78 is 41.5. The van der Waals surface area contributed by atoms with Crippen LogP contribution in [-0.2, 0) is 4.79 Å². The maximum Gasteiger partial charge on any atom is 0.234 e. The lowest BCUT2D eigenvalue weighted by atomic mass is 10.2. The summed E-state index contributed by atoms with van der Waals surface area (Å²) in [6, 6.07) is 8.65. The van der Waals surface area contributed by atoms with E-state index in [1.54, 1.807) is 6.07 Å². The summed E-state index contributed by atoms with van der Waals surface area (Å²) in [6.07, 6.45) is 0. The van der Waals surface area contributed by atoms with Crippen molar-refractivity contribution in [2.75, 3.05) is 16.9 Å². The number of thioether (sulfide) groups is 1. The molecule has 0 aliphatic heterocycles. The Balaban J connectivity index is 1.68. The zero-order valence-corrected chi connectivity index (χ0v) is 13.9. The van der Waals surface area contributed by atoms with E-state index in [1.807, 2.05) is 0 Å². The summed E-state index contributed by atoms with van der Waals surface area (Å²) in [7, 11) is 0. The fraction of sp³-hybridized carbons (Fsp3) is 0.0625. The molecule has 3 rings (SSSR count). The van der Waals surface area contributed by atoms with Gasteiger partial charge in [-0.1, -0.05) is 23.9 Å². The molecule has 0 aliphatic carbocycles. The standard InChI is InChI=1S/C16H12F3N5OS/c17-9-5-6-12(19)13(7-9)21-14(25)8-26-16-23-22-15(24(16)20)10-3-1-2-4-11(10)18/h1-7H,8,20H2,(H,21,25). The third-order valence-electron chi connectivity index (χ3n) is 3.31. The molecule has 0 bridgehead atoms. The van der Waals surface area contributed by atoms with E-state index in [1.165, 1.54) is 18.2 Å². The van der Waals surface area contributed by atoms with Crippen LogP contribution in [0.1, 0.15) is 0 Å². The van der Waals surface area contributed by atoms with Gasteiger partial charge in [0.2, 0.25) is 11.1 Å². The van der Waals surface area contributed by atoms with Gasteiger partial charge >= 0.3 is 0 Å². The van der Waals surface area contributed by atoms with E-state index in [0.29, 0.717) is 0 Å². The van der Waals surface area contributed by atoms with Gasteiger partial charge in [0.1, 0.15) is 17.5 Å². The summed E-state index contributed by atoms with van der Waals surface area (Å²) >= 11 is 0.919. The monoisotopic (exact) mass is 379 g/mol. The second kappa shape index (κ2) is 7.48. The highest BCUT2D eigenvalue weighted by atomic mass is 32.2. The quantitative estimate of drug-likeness (QED) is 0.526. The summed E-state index contributed by atoms with van der Waals surface area (Å²) in [5.74, 6) is 3.24. The van der Waals surface area contributed by atoms with Gasteiger partial charge in [-0.2, -0.15) is 0 Å². The molecule has 0 fully saturated rings. The number of amides is 1. The molecule has 0 saturated heterocycles. The molecule has 0 unspecified atom stereocenters. The third-order valence-corrected chi connectivity index (χ3v) is 4.26. The number of hydrogen-bond acceptors (Lipinski definition) is 5. The van der Waals surface area contributed by atoms with Crippen LogP contribution in [0.5, 0.6) is 0 Å². The van der Waals surface area contributed by atoms with Crippen molar-refractivity contribution >= 4 is 23.4 Å². The number of nitrogen functional groups attached to an aromatic ring is 1. The van der Waals surface area contributed by atoms with Crippen molar-refractivity contribution < 1.29 is 18.0 Å². The van der Waals surface area contributed by atoms with Crippen molar-refractivity contribution in [3.8, 4) is 11.4 Å². The first-order valence-corrected chi connectivity index (χ1v) is 8.27. The Hall–Kier alpha value is -3.01. The lowest BCUT2D eigenvalue weighted by Gasteiger charge is -2.07. The maximum atomic E-state index is 13.8. The molecule has 0 aliphatic rings. The topological polar surface area (TPSA) is 85.8 Å². The first kappa shape index (κ1) is 17.8. The summed E-state index contributed by atoms with van der Waals surface area (Å²) in [5.41, 5.74) is -0.0995. The van der Waals surface area contributed by atoms with Gasteiger partial charge in [-0.25, -0.2) is 17.8 Å². The van der Waals surface area contributed by atoms with Crippen LogP contribution >= 0.6 is 11.8 Å². The van der Waals surface area contributed by atoms with Crippen molar-refractivity contribution in [3.63, 3.8) is 0 Å². The van der Waals surface area contributed by atoms with Gasteiger partial charge < -0.3 is 11.2 Å². The predicted octanol–water partition coefficient (Wildman–Crippen LogP) is 2.81. The van der Waals surface area contributed by atoms with Crippen LogP contribution in [0.2, 0.25) is 0 Å². The number of nitrogens with zero attached hydrogens (tertiary/aromatic N) is 3. The molecule has 0 saturated carbocycles. The number of aromatic nitrogens is 3. The molecule has 0 radical (unpaired) electrons. The molecule has 3 N–H and O–H groups in total. The van der Waals surface area contributed by atoms with E-state index in [2.05, 4.69) is 15.5 Å². The van der Waals surface area contributed by atoms with E-state index >= 15 is 0 Å². The van der Waals surface area contributed by atoms with Crippen LogP contribution in [0.15, 0.2) is 47.6 Å². The molecular formula is C16H12F3N5OS. The van der Waals surface area contributed by atoms with Crippen LogP contribution < -0.4 is 11.2 Å². The first-order valence-electron chi connectivity index (χ1n) is 7.29. The number of nitrogens with two attached hydrogens (primary N) is 1. The number of halogens is 3. The second-order valence-corrected chi connectivity index (χ2v) is 6.06. The Morgan fingerprint density at radius 2 is 1.88 bits per heavy atom. The van der Waals surface area contributed by atoms with Crippen molar-refractivity contribution in [1.82, 2.24) is 14.9 Å². The van der Waals surface area contributed by atoms with Crippen molar-refractivity contribution in [3.05, 3.63) is 59.9 Å². The Labute approximate surface area is 150 Å². The van der Waals surface area contributed by atoms with E-state index in [0.717, 1.165) is 34.6 Å². The molecule has 0 atom stereocenters. The molecule has 1 aromatic heterocycles. The molecule has 1 heterocycles. The Morgan fingerprint density at radius 3 is 2.65 bits per heavy atom. The number of benzene rings is 2. The first-order chi connectivity index (χ1) is 12.5. The average Bonchev–Trinajstić information content (AvgIpc) is 2.97. The summed E-state index contributed by atoms with van der Waals surface area (Å²) in [5, 5.41) is 10.1. The van der Waals surface area contributed by atoms with Gasteiger partial charge in [-0.05, 0) is 24.3 Å². The van der Waals surface area contributed by atoms with E-state index in [-0.39, 0.29) is 28.0 Å². The smallest absolute Gasteiger partial charge is 0.234 e. The highest BCUT2D eigenvalue weighted by Crippen LogP contribution is 2.24. The summed E-state index contributed by atoms with van der Waals surface area (Å²) in [6.45, 7) is 0. The van der Waals surface area contributed by atoms with Gasteiger partial charge in [0.05, 0.1) is 17.0 Å². The van der Waals surface area contributed by atoms with Crippen molar-refractivity contribution in [2.24, 2.45) is 0 Å². The zero-order valence-electron chi connectivity index (χ0n) is 13.1. The minimum atomic E-state index is -0.756.